The van der Waals surface area contributed by atoms with Gasteiger partial charge < -0.3 is 5.32 Å². The predicted octanol–water partition coefficient (Wildman–Crippen LogP) is 3.15. The van der Waals surface area contributed by atoms with Crippen molar-refractivity contribution in [1.29, 1.82) is 0 Å². The van der Waals surface area contributed by atoms with Crippen LogP contribution < -0.4 is 5.32 Å². The smallest absolute Gasteiger partial charge is 0.233 e. The number of likely N-dealkylation sites (tertiary alicyclic amines) is 1. The number of carbonyl (C=O) groups is 3. The number of imide groups is 1. The first-order valence-electron chi connectivity index (χ1n) is 8.38. The molecule has 24 heavy (non-hydrogen) atoms. The van der Waals surface area contributed by atoms with Crippen molar-refractivity contribution in [3.63, 3.8) is 0 Å². The third-order valence-corrected chi connectivity index (χ3v) is 5.21. The van der Waals surface area contributed by atoms with E-state index in [0.29, 0.717) is 10.7 Å². The van der Waals surface area contributed by atoms with E-state index in [-0.39, 0.29) is 42.5 Å². The molecule has 1 aliphatic heterocycles. The maximum atomic E-state index is 12.4. The van der Waals surface area contributed by atoms with Gasteiger partial charge in [0.1, 0.15) is 0 Å². The zero-order valence-corrected chi connectivity index (χ0v) is 14.4. The fourth-order valence-electron chi connectivity index (χ4n) is 3.60. The van der Waals surface area contributed by atoms with Crippen molar-refractivity contribution < 1.29 is 14.4 Å². The first-order chi connectivity index (χ1) is 11.5. The van der Waals surface area contributed by atoms with Crippen LogP contribution in [0.1, 0.15) is 37.7 Å². The number of rotatable bonds is 4. The normalized spacial score (nSPS) is 23.3. The van der Waals surface area contributed by atoms with Crippen molar-refractivity contribution in [3.05, 3.63) is 28.8 Å². The highest BCUT2D eigenvalue weighted by atomic mass is 35.5. The summed E-state index contributed by atoms with van der Waals surface area (Å²) in [4.78, 5) is 38.1. The molecule has 0 radical (unpaired) electrons. The molecule has 1 N–H and O–H groups in total. The second kappa shape index (κ2) is 6.93. The largest absolute Gasteiger partial charge is 0.325 e. The van der Waals surface area contributed by atoms with E-state index in [0.717, 1.165) is 31.2 Å². The minimum absolute atomic E-state index is 0.0844. The number of aryl methyl sites for hydroxylation is 1. The molecule has 2 aliphatic rings. The van der Waals surface area contributed by atoms with Crippen molar-refractivity contribution in [3.8, 4) is 0 Å². The predicted molar refractivity (Wildman–Crippen MR) is 91.6 cm³/mol. The minimum atomic E-state index is -0.253. The molecule has 2 atom stereocenters. The van der Waals surface area contributed by atoms with Gasteiger partial charge >= 0.3 is 0 Å². The highest BCUT2D eigenvalue weighted by molar-refractivity contribution is 6.33. The monoisotopic (exact) mass is 348 g/mol. The summed E-state index contributed by atoms with van der Waals surface area (Å²) in [6, 6.07) is 5.38. The topological polar surface area (TPSA) is 66.5 Å². The summed E-state index contributed by atoms with van der Waals surface area (Å²) >= 11 is 6.10. The van der Waals surface area contributed by atoms with Crippen molar-refractivity contribution in [2.75, 3.05) is 11.9 Å². The van der Waals surface area contributed by atoms with Gasteiger partial charge in [0.15, 0.2) is 0 Å². The number of carbonyl (C=O) groups excluding carboxylic acids is 3. The Morgan fingerprint density at radius 2 is 1.83 bits per heavy atom. The van der Waals surface area contributed by atoms with Crippen LogP contribution in [0.5, 0.6) is 0 Å². The van der Waals surface area contributed by atoms with Crippen LogP contribution in [-0.4, -0.2) is 29.2 Å². The molecule has 2 unspecified atom stereocenters. The van der Waals surface area contributed by atoms with E-state index in [1.165, 1.54) is 4.90 Å². The van der Waals surface area contributed by atoms with Crippen LogP contribution in [0.25, 0.3) is 0 Å². The quantitative estimate of drug-likeness (QED) is 0.850. The summed E-state index contributed by atoms with van der Waals surface area (Å²) in [5.41, 5.74) is 1.55. The number of halogens is 1. The van der Waals surface area contributed by atoms with Crippen LogP contribution in [0.2, 0.25) is 5.02 Å². The Morgan fingerprint density at radius 1 is 1.21 bits per heavy atom. The minimum Gasteiger partial charge on any atom is -0.325 e. The van der Waals surface area contributed by atoms with Gasteiger partial charge in [-0.1, -0.05) is 30.5 Å². The van der Waals surface area contributed by atoms with E-state index >= 15 is 0 Å². The molecule has 6 heteroatoms. The molecular weight excluding hydrogens is 328 g/mol. The molecule has 5 nitrogen and oxygen atoms in total. The lowest BCUT2D eigenvalue weighted by Gasteiger charge is -2.19. The Morgan fingerprint density at radius 3 is 2.42 bits per heavy atom. The van der Waals surface area contributed by atoms with Gasteiger partial charge in [-0.05, 0) is 37.5 Å². The molecule has 1 aromatic rings. The molecule has 0 bridgehead atoms. The van der Waals surface area contributed by atoms with Crippen LogP contribution >= 0.6 is 11.6 Å². The first-order valence-corrected chi connectivity index (χ1v) is 8.76. The Labute approximate surface area is 146 Å². The lowest BCUT2D eigenvalue weighted by atomic mass is 9.81. The highest BCUT2D eigenvalue weighted by Gasteiger charge is 2.47. The summed E-state index contributed by atoms with van der Waals surface area (Å²) < 4.78 is 0. The van der Waals surface area contributed by atoms with E-state index in [9.17, 15) is 14.4 Å². The van der Waals surface area contributed by atoms with Gasteiger partial charge in [-0.3, -0.25) is 19.3 Å². The highest BCUT2D eigenvalue weighted by Crippen LogP contribution is 2.38. The second-order valence-corrected chi connectivity index (χ2v) is 7.01. The Hall–Kier alpha value is -1.88. The summed E-state index contributed by atoms with van der Waals surface area (Å²) in [5.74, 6) is -0.797. The molecule has 1 saturated heterocycles. The third kappa shape index (κ3) is 3.31. The maximum Gasteiger partial charge on any atom is 0.233 e. The zero-order valence-electron chi connectivity index (χ0n) is 13.7. The zero-order chi connectivity index (χ0) is 17.3. The summed E-state index contributed by atoms with van der Waals surface area (Å²) in [6.07, 6.45) is 3.66. The molecule has 2 fully saturated rings. The molecule has 1 heterocycles. The second-order valence-electron chi connectivity index (χ2n) is 6.61. The van der Waals surface area contributed by atoms with Crippen LogP contribution in [0, 0.1) is 18.8 Å². The number of amides is 3. The van der Waals surface area contributed by atoms with Crippen molar-refractivity contribution in [2.45, 2.75) is 39.0 Å². The molecule has 1 saturated carbocycles. The SMILES string of the molecule is Cc1ccc(NC(=O)CCN2C(=O)C3CCCCC3C2=O)c(Cl)c1. The molecule has 3 rings (SSSR count). The van der Waals surface area contributed by atoms with Crippen LogP contribution in [0.3, 0.4) is 0 Å². The maximum absolute atomic E-state index is 12.4. The summed E-state index contributed by atoms with van der Waals surface area (Å²) in [7, 11) is 0. The van der Waals surface area contributed by atoms with Crippen molar-refractivity contribution >= 4 is 35.0 Å². The van der Waals surface area contributed by atoms with Crippen LogP contribution in [0.4, 0.5) is 5.69 Å². The van der Waals surface area contributed by atoms with Gasteiger partial charge in [0.2, 0.25) is 17.7 Å². The number of hydrogen-bond acceptors (Lipinski definition) is 3. The van der Waals surface area contributed by atoms with Gasteiger partial charge in [-0.25, -0.2) is 0 Å². The number of benzene rings is 1. The summed E-state index contributed by atoms with van der Waals surface area (Å²) in [5, 5.41) is 3.21. The standard InChI is InChI=1S/C18H21ClN2O3/c1-11-6-7-15(14(19)10-11)20-16(22)8-9-21-17(23)12-4-2-3-5-13(12)18(21)24/h6-7,10,12-13H,2-5,8-9H2,1H3,(H,20,22). The summed E-state index contributed by atoms with van der Waals surface area (Å²) in [6.45, 7) is 2.06. The van der Waals surface area contributed by atoms with Crippen LogP contribution in [-0.2, 0) is 14.4 Å². The number of nitrogens with one attached hydrogen (secondary N) is 1. The Kier molecular flexibility index (Phi) is 4.90. The lowest BCUT2D eigenvalue weighted by Crippen LogP contribution is -2.34. The molecular formula is C18H21ClN2O3. The molecule has 3 amide bonds. The Bertz CT molecular complexity index is 665. The van der Waals surface area contributed by atoms with Crippen molar-refractivity contribution in [2.24, 2.45) is 11.8 Å². The van der Waals surface area contributed by atoms with Gasteiger partial charge in [0.05, 0.1) is 22.5 Å². The average Bonchev–Trinajstić information content (AvgIpc) is 2.80. The fraction of sp³-hybridized carbons (Fsp3) is 0.500. The number of fused-ring (bicyclic) bond motifs is 1. The van der Waals surface area contributed by atoms with Gasteiger partial charge in [-0.15, -0.1) is 0 Å². The number of anilines is 1. The average molecular weight is 349 g/mol. The van der Waals surface area contributed by atoms with Gasteiger partial charge in [-0.2, -0.15) is 0 Å². The van der Waals surface area contributed by atoms with Crippen LogP contribution in [0.15, 0.2) is 18.2 Å². The van der Waals surface area contributed by atoms with E-state index in [1.54, 1.807) is 12.1 Å². The van der Waals surface area contributed by atoms with Crippen molar-refractivity contribution in [1.82, 2.24) is 4.90 Å². The first kappa shape index (κ1) is 17.0. The molecule has 1 aliphatic carbocycles. The molecule has 1 aromatic carbocycles. The molecule has 0 spiro atoms. The fourth-order valence-corrected chi connectivity index (χ4v) is 3.88. The molecule has 0 aromatic heterocycles. The Balaban J connectivity index is 1.58. The number of hydrogen-bond donors (Lipinski definition) is 1. The molecule has 128 valence electrons. The lowest BCUT2D eigenvalue weighted by molar-refractivity contribution is -0.140. The van der Waals surface area contributed by atoms with Gasteiger partial charge in [0, 0.05) is 13.0 Å². The van der Waals surface area contributed by atoms with E-state index in [2.05, 4.69) is 5.32 Å². The van der Waals surface area contributed by atoms with E-state index in [1.807, 2.05) is 13.0 Å². The van der Waals surface area contributed by atoms with E-state index in [4.69, 9.17) is 11.6 Å². The number of nitrogens with zero attached hydrogens (tertiary/aromatic N) is 1. The third-order valence-electron chi connectivity index (χ3n) is 4.89. The van der Waals surface area contributed by atoms with Gasteiger partial charge in [0.25, 0.3) is 0 Å². The van der Waals surface area contributed by atoms with E-state index < -0.39 is 0 Å².